The van der Waals surface area contributed by atoms with Crippen LogP contribution in [0.1, 0.15) is 74.1 Å². The van der Waals surface area contributed by atoms with Crippen LogP contribution in [0.25, 0.3) is 0 Å². The molecule has 2 unspecified atom stereocenters. The van der Waals surface area contributed by atoms with Gasteiger partial charge in [-0.15, -0.1) is 0 Å². The van der Waals surface area contributed by atoms with Gasteiger partial charge in [-0.3, -0.25) is 14.4 Å². The normalized spacial score (nSPS) is 37.7. The summed E-state index contributed by atoms with van der Waals surface area (Å²) in [7, 11) is 1.75. The Kier molecular flexibility index (Phi) is 15.5. The van der Waals surface area contributed by atoms with Crippen molar-refractivity contribution in [2.75, 3.05) is 20.2 Å². The number of aliphatic hydroxyl groups excluding tert-OH is 1. The van der Waals surface area contributed by atoms with Gasteiger partial charge < -0.3 is 44.9 Å². The van der Waals surface area contributed by atoms with Gasteiger partial charge in [0.2, 0.25) is 0 Å². The van der Waals surface area contributed by atoms with Gasteiger partial charge in [-0.05, 0) is 51.7 Å². The lowest BCUT2D eigenvalue weighted by molar-refractivity contribution is -0.157. The molecule has 0 amide bonds. The summed E-state index contributed by atoms with van der Waals surface area (Å²) in [5, 5.41) is 35.7. The molecule has 0 radical (unpaired) electrons. The summed E-state index contributed by atoms with van der Waals surface area (Å²) in [5.41, 5.74) is -0.969. The summed E-state index contributed by atoms with van der Waals surface area (Å²) in [6.07, 6.45) is 8.36. The van der Waals surface area contributed by atoms with E-state index in [1.165, 1.54) is 6.92 Å². The van der Waals surface area contributed by atoms with Crippen LogP contribution in [0.3, 0.4) is 0 Å². The van der Waals surface area contributed by atoms with E-state index in [-0.39, 0.29) is 67.5 Å². The molecule has 0 aromatic heterocycles. The first-order chi connectivity index (χ1) is 21.6. The molecule has 3 aliphatic rings. The number of epoxide rings is 1. The number of piperazine rings is 1. The van der Waals surface area contributed by atoms with E-state index in [2.05, 4.69) is 37.5 Å². The highest BCUT2D eigenvalue weighted by atomic mass is 16.6. The molecule has 0 spiro atoms. The molecule has 3 heterocycles. The zero-order chi connectivity index (χ0) is 34.7. The average Bonchev–Trinajstić information content (AvgIpc) is 3.78. The zero-order valence-electron chi connectivity index (χ0n) is 28.6. The summed E-state index contributed by atoms with van der Waals surface area (Å²) in [5.74, 6) is -1.04. The lowest BCUT2D eigenvalue weighted by atomic mass is 9.83. The molecule has 12 nitrogen and oxygen atoms in total. The first kappa shape index (κ1) is 39.6. The van der Waals surface area contributed by atoms with E-state index in [9.17, 15) is 19.8 Å². The molecule has 2 fully saturated rings. The van der Waals surface area contributed by atoms with E-state index in [0.29, 0.717) is 0 Å². The van der Waals surface area contributed by atoms with E-state index in [0.717, 1.165) is 25.1 Å². The van der Waals surface area contributed by atoms with Crippen molar-refractivity contribution in [2.45, 2.75) is 128 Å². The van der Waals surface area contributed by atoms with Crippen LogP contribution < -0.4 is 10.6 Å². The fourth-order valence-electron chi connectivity index (χ4n) is 6.42. The van der Waals surface area contributed by atoms with Gasteiger partial charge in [0.1, 0.15) is 23.9 Å². The van der Waals surface area contributed by atoms with Crippen LogP contribution in [-0.4, -0.2) is 108 Å². The second-order valence-electron chi connectivity index (χ2n) is 13.1. The van der Waals surface area contributed by atoms with E-state index in [1.807, 2.05) is 26.0 Å². The van der Waals surface area contributed by atoms with Gasteiger partial charge in [-0.1, -0.05) is 45.1 Å². The number of allylic oxidation sites excluding steroid dienone is 2. The Bertz CT molecular complexity index is 1090. The number of carboxylic acid groups (broad SMARTS) is 1. The highest BCUT2D eigenvalue weighted by molar-refractivity contribution is 5.70. The quantitative estimate of drug-likeness (QED) is 0.0811. The average molecular weight is 653 g/mol. The fourth-order valence-corrected chi connectivity index (χ4v) is 6.42. The SMILES string of the molecule is CC[C@H](OC)[C@@H](C)[C@H]1O[C@@H]1C1NCCNC1(C)/C=C/C=C(\C)[C@H]1OC(=O)C[C@H](O)CC[C@@](C)(O)[C@@H](OC(C)=O)/C=C/[C@@H]1C.O=CO. The van der Waals surface area contributed by atoms with Crippen LogP contribution in [0, 0.1) is 11.8 Å². The lowest BCUT2D eigenvalue weighted by Crippen LogP contribution is -2.65. The molecule has 5 N–H and O–H groups in total. The van der Waals surface area contributed by atoms with Crippen LogP contribution in [0.15, 0.2) is 36.0 Å². The van der Waals surface area contributed by atoms with E-state index in [4.69, 9.17) is 28.8 Å². The number of hydrogen-bond acceptors (Lipinski definition) is 11. The minimum absolute atomic E-state index is 0.0675. The highest BCUT2D eigenvalue weighted by Gasteiger charge is 2.55. The van der Waals surface area contributed by atoms with Gasteiger partial charge in [0.05, 0.1) is 36.3 Å². The Balaban J connectivity index is 0.00000236. The second-order valence-corrected chi connectivity index (χ2v) is 13.1. The number of methoxy groups -OCH3 is 1. The first-order valence-corrected chi connectivity index (χ1v) is 16.2. The Morgan fingerprint density at radius 3 is 2.52 bits per heavy atom. The highest BCUT2D eigenvalue weighted by Crippen LogP contribution is 2.39. The predicted molar refractivity (Wildman–Crippen MR) is 173 cm³/mol. The van der Waals surface area contributed by atoms with Crippen molar-refractivity contribution in [3.63, 3.8) is 0 Å². The zero-order valence-corrected chi connectivity index (χ0v) is 28.6. The lowest BCUT2D eigenvalue weighted by Gasteiger charge is -2.41. The summed E-state index contributed by atoms with van der Waals surface area (Å²) < 4.78 is 23.2. The molecule has 0 saturated carbocycles. The van der Waals surface area contributed by atoms with E-state index in [1.54, 1.807) is 26.2 Å². The Labute approximate surface area is 273 Å². The number of carbonyl (C=O) groups is 3. The summed E-state index contributed by atoms with van der Waals surface area (Å²) in [6, 6.07) is 0.0709. The van der Waals surface area contributed by atoms with E-state index >= 15 is 0 Å². The summed E-state index contributed by atoms with van der Waals surface area (Å²) in [6.45, 7) is 14.6. The van der Waals surface area contributed by atoms with Crippen molar-refractivity contribution in [3.05, 3.63) is 36.0 Å². The topological polar surface area (TPSA) is 176 Å². The second kappa shape index (κ2) is 18.1. The van der Waals surface area contributed by atoms with Crippen molar-refractivity contribution in [1.82, 2.24) is 10.6 Å². The minimum atomic E-state index is -1.41. The summed E-state index contributed by atoms with van der Waals surface area (Å²) >= 11 is 0. The number of rotatable bonds is 9. The smallest absolute Gasteiger partial charge is 0.309 e. The third-order valence-electron chi connectivity index (χ3n) is 9.21. The number of cyclic esters (lactones) is 1. The Morgan fingerprint density at radius 1 is 1.24 bits per heavy atom. The largest absolute Gasteiger partial charge is 0.483 e. The summed E-state index contributed by atoms with van der Waals surface area (Å²) in [4.78, 5) is 32.9. The number of hydrogen-bond donors (Lipinski definition) is 5. The van der Waals surface area contributed by atoms with Gasteiger partial charge in [-0.25, -0.2) is 0 Å². The number of esters is 2. The van der Waals surface area contributed by atoms with Gasteiger partial charge in [0.25, 0.3) is 6.47 Å². The maximum absolute atomic E-state index is 12.8. The maximum atomic E-state index is 12.8. The third kappa shape index (κ3) is 11.3. The number of nitrogens with one attached hydrogen (secondary N) is 2. The van der Waals surface area contributed by atoms with Crippen LogP contribution in [-0.2, 0) is 33.3 Å². The Morgan fingerprint density at radius 2 is 1.91 bits per heavy atom. The molecule has 0 bridgehead atoms. The molecule has 2 saturated heterocycles. The molecule has 46 heavy (non-hydrogen) atoms. The van der Waals surface area contributed by atoms with Crippen molar-refractivity contribution in [1.29, 1.82) is 0 Å². The third-order valence-corrected chi connectivity index (χ3v) is 9.21. The molecule has 11 atom stereocenters. The Hall–Kier alpha value is -2.61. The van der Waals surface area contributed by atoms with Crippen molar-refractivity contribution in [2.24, 2.45) is 11.8 Å². The molecule has 0 aromatic carbocycles. The van der Waals surface area contributed by atoms with Crippen LogP contribution in [0.5, 0.6) is 0 Å². The number of aliphatic hydroxyl groups is 2. The molecule has 0 aromatic rings. The molecule has 262 valence electrons. The van der Waals surface area contributed by atoms with Gasteiger partial charge >= 0.3 is 11.9 Å². The molecule has 3 rings (SSSR count). The molecular weight excluding hydrogens is 596 g/mol. The number of ether oxygens (including phenoxy) is 4. The van der Waals surface area contributed by atoms with Crippen LogP contribution in [0.4, 0.5) is 0 Å². The molecule has 12 heteroatoms. The van der Waals surface area contributed by atoms with E-state index < -0.39 is 35.9 Å². The van der Waals surface area contributed by atoms with Crippen molar-refractivity contribution >= 4 is 18.4 Å². The van der Waals surface area contributed by atoms with Crippen molar-refractivity contribution in [3.8, 4) is 0 Å². The van der Waals surface area contributed by atoms with Gasteiger partial charge in [0.15, 0.2) is 0 Å². The predicted octanol–water partition coefficient (Wildman–Crippen LogP) is 2.67. The molecule has 3 aliphatic heterocycles. The minimum Gasteiger partial charge on any atom is -0.483 e. The van der Waals surface area contributed by atoms with Crippen LogP contribution >= 0.6 is 0 Å². The first-order valence-electron chi connectivity index (χ1n) is 16.2. The van der Waals surface area contributed by atoms with Gasteiger partial charge in [-0.2, -0.15) is 0 Å². The van der Waals surface area contributed by atoms with Gasteiger partial charge in [0, 0.05) is 39.0 Å². The molecule has 0 aliphatic carbocycles. The van der Waals surface area contributed by atoms with Crippen LogP contribution in [0.2, 0.25) is 0 Å². The monoisotopic (exact) mass is 652 g/mol. The molecular formula is C34H56N2O10. The maximum Gasteiger partial charge on any atom is 0.309 e. The number of carbonyl (C=O) groups excluding carboxylic acids is 2. The fraction of sp³-hybridized carbons (Fsp3) is 0.735. The standard InChI is InChI=1S/C33H54N2O8.CH2O2/c1-9-25(40-8)22(4)29-30(43-29)31-32(6,35-18-17-34-31)15-10-11-20(2)28-21(3)12-13-26(41-23(5)36)33(7,39)16-14-24(37)19-27(38)42-28;2-1-3/h10-13,15,21-22,24-26,28-31,34-35,37,39H,9,14,16-19H2,1-8H3;1H,(H,2,3)/b13-12+,15-10+,20-11+;/t21-,22+,24+,25-,26-,28+,29+,30-,31?,32?,33+;/m0./s1. The van der Waals surface area contributed by atoms with Crippen molar-refractivity contribution < 1.29 is 48.7 Å².